The first kappa shape index (κ1) is 12.9. The van der Waals surface area contributed by atoms with E-state index in [0.29, 0.717) is 6.42 Å². The number of ether oxygens (including phenoxy) is 1. The third-order valence-corrected chi connectivity index (χ3v) is 2.38. The van der Waals surface area contributed by atoms with Gasteiger partial charge in [-0.05, 0) is 12.3 Å². The molecule has 0 aromatic heterocycles. The van der Waals surface area contributed by atoms with Crippen LogP contribution in [0.3, 0.4) is 0 Å². The second-order valence-electron chi connectivity index (χ2n) is 4.24. The number of benzene rings is 1. The average molecular weight is 229 g/mol. The van der Waals surface area contributed by atoms with Crippen LogP contribution in [0.5, 0.6) is 5.75 Å². The van der Waals surface area contributed by atoms with Crippen LogP contribution in [0.4, 0.5) is 8.78 Å². The molecule has 90 valence electrons. The lowest BCUT2D eigenvalue weighted by atomic mass is 9.97. The molecule has 2 nitrogen and oxygen atoms in total. The summed E-state index contributed by atoms with van der Waals surface area (Å²) in [4.78, 5) is 0. The Morgan fingerprint density at radius 1 is 1.25 bits per heavy atom. The maximum Gasteiger partial charge on any atom is 0.134 e. The monoisotopic (exact) mass is 229 g/mol. The van der Waals surface area contributed by atoms with E-state index in [0.717, 1.165) is 12.1 Å². The summed E-state index contributed by atoms with van der Waals surface area (Å²) in [5, 5.41) is 0. The van der Waals surface area contributed by atoms with Crippen LogP contribution >= 0.6 is 0 Å². The standard InChI is InChI=1S/C12H17F2NO/c1-7(2)4-11(15)12-9(13)5-8(16-3)6-10(12)14/h5-7,11H,4,15H2,1-3H3. The van der Waals surface area contributed by atoms with Gasteiger partial charge in [0.2, 0.25) is 0 Å². The summed E-state index contributed by atoms with van der Waals surface area (Å²) in [6.45, 7) is 3.92. The van der Waals surface area contributed by atoms with Crippen molar-refractivity contribution in [1.29, 1.82) is 0 Å². The lowest BCUT2D eigenvalue weighted by Gasteiger charge is -2.16. The lowest BCUT2D eigenvalue weighted by Crippen LogP contribution is -2.16. The van der Waals surface area contributed by atoms with Gasteiger partial charge >= 0.3 is 0 Å². The van der Waals surface area contributed by atoms with Crippen LogP contribution in [0.15, 0.2) is 12.1 Å². The Morgan fingerprint density at radius 2 is 1.75 bits per heavy atom. The van der Waals surface area contributed by atoms with Crippen LogP contribution in [0.25, 0.3) is 0 Å². The number of methoxy groups -OCH3 is 1. The third-order valence-electron chi connectivity index (χ3n) is 2.38. The van der Waals surface area contributed by atoms with Gasteiger partial charge in [-0.1, -0.05) is 13.8 Å². The summed E-state index contributed by atoms with van der Waals surface area (Å²) >= 11 is 0. The Labute approximate surface area is 94.4 Å². The van der Waals surface area contributed by atoms with E-state index in [-0.39, 0.29) is 17.2 Å². The molecule has 0 aliphatic carbocycles. The van der Waals surface area contributed by atoms with Crippen LogP contribution < -0.4 is 10.5 Å². The van der Waals surface area contributed by atoms with E-state index in [1.807, 2.05) is 13.8 Å². The normalized spacial score (nSPS) is 12.9. The first-order chi connectivity index (χ1) is 7.45. The molecule has 0 aliphatic rings. The maximum atomic E-state index is 13.6. The third kappa shape index (κ3) is 2.92. The molecule has 4 heteroatoms. The molecule has 0 saturated carbocycles. The Balaban J connectivity index is 3.04. The molecule has 1 unspecified atom stereocenters. The van der Waals surface area contributed by atoms with Crippen LogP contribution in [0.1, 0.15) is 31.9 Å². The summed E-state index contributed by atoms with van der Waals surface area (Å²) in [5.74, 6) is -0.846. The van der Waals surface area contributed by atoms with Gasteiger partial charge in [-0.15, -0.1) is 0 Å². The number of hydrogen-bond acceptors (Lipinski definition) is 2. The summed E-state index contributed by atoms with van der Waals surface area (Å²) in [6.07, 6.45) is 0.542. The zero-order valence-electron chi connectivity index (χ0n) is 9.76. The highest BCUT2D eigenvalue weighted by atomic mass is 19.1. The minimum atomic E-state index is -0.648. The van der Waals surface area contributed by atoms with Crippen LogP contribution in [-0.4, -0.2) is 7.11 Å². The molecular formula is C12H17F2NO. The van der Waals surface area contributed by atoms with Crippen molar-refractivity contribution in [2.75, 3.05) is 7.11 Å². The predicted molar refractivity (Wildman–Crippen MR) is 59.3 cm³/mol. The molecule has 0 aliphatic heterocycles. The van der Waals surface area contributed by atoms with Gasteiger partial charge in [0.15, 0.2) is 0 Å². The highest BCUT2D eigenvalue weighted by molar-refractivity contribution is 5.32. The summed E-state index contributed by atoms with van der Waals surface area (Å²) < 4.78 is 32.0. The van der Waals surface area contributed by atoms with Crippen molar-refractivity contribution in [2.24, 2.45) is 11.7 Å². The predicted octanol–water partition coefficient (Wildman–Crippen LogP) is 3.02. The zero-order chi connectivity index (χ0) is 12.3. The molecule has 0 saturated heterocycles. The lowest BCUT2D eigenvalue weighted by molar-refractivity contribution is 0.401. The Kier molecular flexibility index (Phi) is 4.24. The van der Waals surface area contributed by atoms with Crippen LogP contribution in [0, 0.1) is 17.6 Å². The van der Waals surface area contributed by atoms with Gasteiger partial charge in [0.05, 0.1) is 7.11 Å². The topological polar surface area (TPSA) is 35.2 Å². The van der Waals surface area contributed by atoms with Crippen molar-refractivity contribution in [3.05, 3.63) is 29.3 Å². The first-order valence-electron chi connectivity index (χ1n) is 5.24. The second-order valence-corrected chi connectivity index (χ2v) is 4.24. The average Bonchev–Trinajstić information content (AvgIpc) is 2.15. The van der Waals surface area contributed by atoms with E-state index >= 15 is 0 Å². The van der Waals surface area contributed by atoms with E-state index in [4.69, 9.17) is 10.5 Å². The number of hydrogen-bond donors (Lipinski definition) is 1. The highest BCUT2D eigenvalue weighted by Gasteiger charge is 2.19. The van der Waals surface area contributed by atoms with Crippen molar-refractivity contribution in [3.8, 4) is 5.75 Å². The molecule has 1 aromatic rings. The number of halogens is 2. The smallest absolute Gasteiger partial charge is 0.134 e. The van der Waals surface area contributed by atoms with Gasteiger partial charge in [-0.2, -0.15) is 0 Å². The molecule has 0 fully saturated rings. The minimum Gasteiger partial charge on any atom is -0.497 e. The van der Waals surface area contributed by atoms with Crippen molar-refractivity contribution < 1.29 is 13.5 Å². The van der Waals surface area contributed by atoms with E-state index in [1.165, 1.54) is 7.11 Å². The number of nitrogens with two attached hydrogens (primary N) is 1. The van der Waals surface area contributed by atoms with E-state index in [9.17, 15) is 8.78 Å². The van der Waals surface area contributed by atoms with Crippen molar-refractivity contribution >= 4 is 0 Å². The minimum absolute atomic E-state index is 0.0606. The van der Waals surface area contributed by atoms with Gasteiger partial charge in [0, 0.05) is 23.7 Å². The maximum absolute atomic E-state index is 13.6. The number of rotatable bonds is 4. The summed E-state index contributed by atoms with van der Waals surface area (Å²) in [7, 11) is 1.36. The van der Waals surface area contributed by atoms with Crippen molar-refractivity contribution in [3.63, 3.8) is 0 Å². The van der Waals surface area contributed by atoms with Gasteiger partial charge in [-0.25, -0.2) is 8.78 Å². The SMILES string of the molecule is COc1cc(F)c(C(N)CC(C)C)c(F)c1. The molecule has 0 bridgehead atoms. The first-order valence-corrected chi connectivity index (χ1v) is 5.24. The van der Waals surface area contributed by atoms with Crippen molar-refractivity contribution in [2.45, 2.75) is 26.3 Å². The highest BCUT2D eigenvalue weighted by Crippen LogP contribution is 2.27. The largest absolute Gasteiger partial charge is 0.497 e. The van der Waals surface area contributed by atoms with Crippen LogP contribution in [0.2, 0.25) is 0 Å². The fourth-order valence-electron chi connectivity index (χ4n) is 1.66. The molecule has 0 spiro atoms. The summed E-state index contributed by atoms with van der Waals surface area (Å²) in [5.41, 5.74) is 5.71. The van der Waals surface area contributed by atoms with Crippen LogP contribution in [-0.2, 0) is 0 Å². The molecular weight excluding hydrogens is 212 g/mol. The molecule has 2 N–H and O–H groups in total. The van der Waals surface area contributed by atoms with Gasteiger partial charge in [0.1, 0.15) is 17.4 Å². The Morgan fingerprint density at radius 3 is 2.12 bits per heavy atom. The van der Waals surface area contributed by atoms with Gasteiger partial charge in [0.25, 0.3) is 0 Å². The Bertz CT molecular complexity index is 343. The van der Waals surface area contributed by atoms with Crippen molar-refractivity contribution in [1.82, 2.24) is 0 Å². The summed E-state index contributed by atoms with van der Waals surface area (Å²) in [6, 6.07) is 1.68. The molecule has 1 aromatic carbocycles. The quantitative estimate of drug-likeness (QED) is 0.861. The fraction of sp³-hybridized carbons (Fsp3) is 0.500. The zero-order valence-corrected chi connectivity index (χ0v) is 9.76. The van der Waals surface area contributed by atoms with E-state index < -0.39 is 17.7 Å². The van der Waals surface area contributed by atoms with E-state index in [2.05, 4.69) is 0 Å². The van der Waals surface area contributed by atoms with Gasteiger partial charge < -0.3 is 10.5 Å². The second kappa shape index (κ2) is 5.25. The molecule has 1 atom stereocenters. The molecule has 0 radical (unpaired) electrons. The Hall–Kier alpha value is -1.16. The molecule has 0 amide bonds. The molecule has 0 heterocycles. The molecule has 1 rings (SSSR count). The molecule has 16 heavy (non-hydrogen) atoms. The van der Waals surface area contributed by atoms with Gasteiger partial charge in [-0.3, -0.25) is 0 Å². The fourth-order valence-corrected chi connectivity index (χ4v) is 1.66. The van der Waals surface area contributed by atoms with E-state index in [1.54, 1.807) is 0 Å².